The standard InChI is InChI=1S/C27H36N2OS6/c1-26(2,28-22(31)15-20-18(24(28)33)9-13-35-20)11-5-7-17(30)8-6-12-27(3,4)29-23(32)16-21-19(25(29)34)10-14-36-21/h15-16,18-19H,5-14H2,1-4H3. The predicted octanol–water partition coefficient (Wildman–Crippen LogP) is 7.67. The molecule has 2 unspecified atom stereocenters. The Bertz CT molecular complexity index is 963. The smallest absolute Gasteiger partial charge is 0.132 e. The molecule has 0 N–H and O–H groups in total. The zero-order chi connectivity index (χ0) is 26.3. The number of Topliss-reactive ketones (excluding diaryl/α,β-unsaturated/α-hetero) is 1. The average Bonchev–Trinajstić information content (AvgIpc) is 3.42. The van der Waals surface area contributed by atoms with Gasteiger partial charge in [-0.3, -0.25) is 4.79 Å². The van der Waals surface area contributed by atoms with Gasteiger partial charge in [0.15, 0.2) is 0 Å². The van der Waals surface area contributed by atoms with Crippen LogP contribution in [-0.4, -0.2) is 58.1 Å². The van der Waals surface area contributed by atoms with Crippen LogP contribution in [0.5, 0.6) is 0 Å². The molecule has 0 radical (unpaired) electrons. The first-order valence-corrected chi connectivity index (χ1v) is 16.5. The molecule has 2 atom stereocenters. The summed E-state index contributed by atoms with van der Waals surface area (Å²) in [4.78, 5) is 23.4. The lowest BCUT2D eigenvalue weighted by molar-refractivity contribution is -0.119. The summed E-state index contributed by atoms with van der Waals surface area (Å²) in [5, 5.41) is 0. The minimum absolute atomic E-state index is 0.184. The second-order valence-corrected chi connectivity index (χ2v) is 15.4. The molecule has 0 aromatic rings. The molecule has 0 bridgehead atoms. The Labute approximate surface area is 246 Å². The Morgan fingerprint density at radius 1 is 0.806 bits per heavy atom. The maximum Gasteiger partial charge on any atom is 0.132 e. The summed E-state index contributed by atoms with van der Waals surface area (Å²) in [6, 6.07) is 0. The van der Waals surface area contributed by atoms with Crippen molar-refractivity contribution in [3.05, 3.63) is 22.0 Å². The van der Waals surface area contributed by atoms with E-state index in [2.05, 4.69) is 49.6 Å². The maximum absolute atomic E-state index is 12.8. The summed E-state index contributed by atoms with van der Waals surface area (Å²) in [7, 11) is 0. The largest absolute Gasteiger partial charge is 0.321 e. The number of carbonyl (C=O) groups is 1. The fraction of sp³-hybridized carbons (Fsp3) is 0.667. The first kappa shape index (κ1) is 28.8. The maximum atomic E-state index is 12.8. The Morgan fingerprint density at radius 2 is 1.19 bits per heavy atom. The highest BCUT2D eigenvalue weighted by atomic mass is 32.2. The molecule has 2 saturated heterocycles. The summed E-state index contributed by atoms with van der Waals surface area (Å²) < 4.78 is 0. The number of carbonyl (C=O) groups excluding carboxylic acids is 1. The van der Waals surface area contributed by atoms with Crippen LogP contribution >= 0.6 is 72.4 Å². The molecule has 9 heteroatoms. The number of thioether (sulfide) groups is 2. The van der Waals surface area contributed by atoms with Crippen molar-refractivity contribution in [3.8, 4) is 0 Å². The molecule has 196 valence electrons. The van der Waals surface area contributed by atoms with E-state index >= 15 is 0 Å². The monoisotopic (exact) mass is 596 g/mol. The van der Waals surface area contributed by atoms with Crippen molar-refractivity contribution in [2.45, 2.75) is 90.1 Å². The van der Waals surface area contributed by atoms with Crippen molar-refractivity contribution in [2.24, 2.45) is 11.8 Å². The summed E-state index contributed by atoms with van der Waals surface area (Å²) in [6.07, 6.45) is 11.2. The number of thiocarbonyl (C=S) groups is 4. The molecule has 0 amide bonds. The Balaban J connectivity index is 1.24. The van der Waals surface area contributed by atoms with Gasteiger partial charge in [-0.1, -0.05) is 48.9 Å². The van der Waals surface area contributed by atoms with Crippen LogP contribution < -0.4 is 0 Å². The fourth-order valence-electron chi connectivity index (χ4n) is 5.73. The van der Waals surface area contributed by atoms with Crippen LogP contribution in [0.25, 0.3) is 0 Å². The van der Waals surface area contributed by atoms with Gasteiger partial charge >= 0.3 is 0 Å². The van der Waals surface area contributed by atoms with Crippen LogP contribution in [0.15, 0.2) is 22.0 Å². The van der Waals surface area contributed by atoms with Crippen LogP contribution in [0, 0.1) is 11.8 Å². The lowest BCUT2D eigenvalue weighted by Gasteiger charge is -2.44. The summed E-state index contributed by atoms with van der Waals surface area (Å²) in [5.74, 6) is 3.25. The summed E-state index contributed by atoms with van der Waals surface area (Å²) >= 11 is 26.9. The van der Waals surface area contributed by atoms with E-state index < -0.39 is 0 Å². The average molecular weight is 597 g/mol. The van der Waals surface area contributed by atoms with Gasteiger partial charge in [-0.05, 0) is 99.7 Å². The molecule has 4 aliphatic heterocycles. The van der Waals surface area contributed by atoms with Crippen LogP contribution in [-0.2, 0) is 4.79 Å². The fourth-order valence-corrected chi connectivity index (χ4v) is 10.7. The lowest BCUT2D eigenvalue weighted by atomic mass is 9.89. The SMILES string of the molecule is CC(C)(CCCC(=O)CCCC(C)(C)N1C(=S)C=C2SCCC2C1=S)N1C(=S)C=C2SCCC2C1=S. The van der Waals surface area contributed by atoms with Gasteiger partial charge < -0.3 is 9.80 Å². The number of rotatable bonds is 10. The summed E-state index contributed by atoms with van der Waals surface area (Å²) in [6.45, 7) is 8.80. The molecule has 4 aliphatic rings. The lowest BCUT2D eigenvalue weighted by Crippen LogP contribution is -2.53. The number of hydrogen-bond acceptors (Lipinski definition) is 7. The van der Waals surface area contributed by atoms with Crippen molar-refractivity contribution >= 4 is 98.1 Å². The minimum atomic E-state index is -0.184. The minimum Gasteiger partial charge on any atom is -0.321 e. The number of fused-ring (bicyclic) bond motifs is 2. The molecule has 0 aliphatic carbocycles. The van der Waals surface area contributed by atoms with Gasteiger partial charge in [-0.2, -0.15) is 0 Å². The Kier molecular flexibility index (Phi) is 9.21. The third-order valence-corrected chi connectivity index (χ3v) is 11.6. The number of nitrogens with zero attached hydrogens (tertiary/aromatic N) is 2. The molecule has 0 aromatic carbocycles. The predicted molar refractivity (Wildman–Crippen MR) is 172 cm³/mol. The van der Waals surface area contributed by atoms with Crippen LogP contribution in [0.3, 0.4) is 0 Å². The van der Waals surface area contributed by atoms with Crippen LogP contribution in [0.1, 0.15) is 79.1 Å². The Morgan fingerprint density at radius 3 is 1.58 bits per heavy atom. The van der Waals surface area contributed by atoms with E-state index in [4.69, 9.17) is 48.9 Å². The topological polar surface area (TPSA) is 23.6 Å². The quantitative estimate of drug-likeness (QED) is 0.235. The van der Waals surface area contributed by atoms with E-state index in [0.717, 1.165) is 70.0 Å². The highest BCUT2D eigenvalue weighted by molar-refractivity contribution is 8.03. The first-order valence-electron chi connectivity index (χ1n) is 12.9. The molecule has 36 heavy (non-hydrogen) atoms. The van der Waals surface area contributed by atoms with Crippen molar-refractivity contribution in [3.63, 3.8) is 0 Å². The van der Waals surface area contributed by atoms with Crippen molar-refractivity contribution in [1.29, 1.82) is 0 Å². The molecular formula is C27H36N2OS6. The second kappa shape index (κ2) is 11.5. The van der Waals surface area contributed by atoms with E-state index in [9.17, 15) is 4.79 Å². The molecule has 3 nitrogen and oxygen atoms in total. The highest BCUT2D eigenvalue weighted by Gasteiger charge is 2.41. The molecule has 2 fully saturated rings. The van der Waals surface area contributed by atoms with E-state index in [0.29, 0.717) is 30.5 Å². The first-order chi connectivity index (χ1) is 16.9. The van der Waals surface area contributed by atoms with Gasteiger partial charge in [0.2, 0.25) is 0 Å². The molecule has 0 spiro atoms. The Hall–Kier alpha value is -0.190. The zero-order valence-electron chi connectivity index (χ0n) is 21.6. The highest BCUT2D eigenvalue weighted by Crippen LogP contribution is 2.44. The molecule has 0 aromatic heterocycles. The molecule has 4 heterocycles. The van der Waals surface area contributed by atoms with Gasteiger partial charge in [0, 0.05) is 35.8 Å². The molecule has 4 rings (SSSR count). The molecule has 0 saturated carbocycles. The third-order valence-electron chi connectivity index (χ3n) is 7.75. The van der Waals surface area contributed by atoms with Crippen LogP contribution in [0.4, 0.5) is 0 Å². The van der Waals surface area contributed by atoms with Crippen LogP contribution in [0.2, 0.25) is 0 Å². The van der Waals surface area contributed by atoms with Crippen molar-refractivity contribution in [1.82, 2.24) is 9.80 Å². The van der Waals surface area contributed by atoms with Crippen molar-refractivity contribution in [2.75, 3.05) is 11.5 Å². The van der Waals surface area contributed by atoms with Gasteiger partial charge in [0.05, 0.1) is 9.98 Å². The van der Waals surface area contributed by atoms with E-state index in [-0.39, 0.29) is 11.1 Å². The zero-order valence-corrected chi connectivity index (χ0v) is 26.5. The summed E-state index contributed by atoms with van der Waals surface area (Å²) in [5.41, 5.74) is -0.369. The second-order valence-electron chi connectivity index (χ2n) is 11.4. The molecular weight excluding hydrogens is 561 g/mol. The third kappa shape index (κ3) is 6.01. The van der Waals surface area contributed by atoms with E-state index in [1.165, 1.54) is 9.81 Å². The van der Waals surface area contributed by atoms with Gasteiger partial charge in [-0.25, -0.2) is 0 Å². The normalized spacial score (nSPS) is 24.7. The number of ketones is 1. The van der Waals surface area contributed by atoms with E-state index in [1.807, 2.05) is 23.5 Å². The van der Waals surface area contributed by atoms with E-state index in [1.54, 1.807) is 0 Å². The number of hydrogen-bond donors (Lipinski definition) is 0. The van der Waals surface area contributed by atoms with Gasteiger partial charge in [0.25, 0.3) is 0 Å². The van der Waals surface area contributed by atoms with Crippen molar-refractivity contribution < 1.29 is 4.79 Å². The van der Waals surface area contributed by atoms with Gasteiger partial charge in [0.1, 0.15) is 15.8 Å². The van der Waals surface area contributed by atoms with Gasteiger partial charge in [-0.15, -0.1) is 23.5 Å².